The summed E-state index contributed by atoms with van der Waals surface area (Å²) in [5, 5.41) is 0. The maximum atomic E-state index is 5.43. The Bertz CT molecular complexity index is 459. The molecule has 1 aromatic carbocycles. The molecule has 1 unspecified atom stereocenters. The average molecular weight is 196 g/mol. The van der Waals surface area contributed by atoms with Crippen molar-refractivity contribution >= 4 is 0 Å². The van der Waals surface area contributed by atoms with Gasteiger partial charge < -0.3 is 9.64 Å². The first-order chi connectivity index (χ1) is 7.45. The average Bonchev–Trinajstić information content (AvgIpc) is 2.48. The highest BCUT2D eigenvalue weighted by molar-refractivity contribution is 5.41. The fourth-order valence-corrected chi connectivity index (χ4v) is 1.87. The van der Waals surface area contributed by atoms with Crippen molar-refractivity contribution in [2.75, 3.05) is 0 Å². The summed E-state index contributed by atoms with van der Waals surface area (Å²) in [7, 11) is 0. The molecule has 2 heterocycles. The second-order valence-electron chi connectivity index (χ2n) is 3.51. The zero-order valence-electron chi connectivity index (χ0n) is 8.13. The largest absolute Gasteiger partial charge is 0.451 e. The number of benzene rings is 1. The van der Waals surface area contributed by atoms with Crippen LogP contribution in [0.3, 0.4) is 0 Å². The molecular weight excluding hydrogens is 186 g/mol. The minimum Gasteiger partial charge on any atom is -0.451 e. The first-order valence-corrected chi connectivity index (χ1v) is 4.92. The molecule has 15 heavy (non-hydrogen) atoms. The molecule has 3 rings (SSSR count). The van der Waals surface area contributed by atoms with Gasteiger partial charge in [-0.25, -0.2) is 0 Å². The zero-order chi connectivity index (χ0) is 10.1. The van der Waals surface area contributed by atoms with Crippen LogP contribution in [0.25, 0.3) is 0 Å². The second-order valence-corrected chi connectivity index (χ2v) is 3.51. The number of hydrogen-bond donors (Lipinski definition) is 0. The van der Waals surface area contributed by atoms with Crippen molar-refractivity contribution in [3.05, 3.63) is 66.7 Å². The summed E-state index contributed by atoms with van der Waals surface area (Å²) in [4.78, 5) is 2.08. The normalized spacial score (nSPS) is 21.6. The summed E-state index contributed by atoms with van der Waals surface area (Å²) in [6.45, 7) is 0. The summed E-state index contributed by atoms with van der Waals surface area (Å²) in [5.41, 5.74) is 1.17. The van der Waals surface area contributed by atoms with Gasteiger partial charge in [0.25, 0.3) is 0 Å². The van der Waals surface area contributed by atoms with Crippen LogP contribution in [0.15, 0.2) is 54.9 Å². The molecule has 2 heteroatoms. The topological polar surface area (TPSA) is 12.5 Å². The van der Waals surface area contributed by atoms with Crippen LogP contribution in [-0.2, 0) is 0 Å². The van der Waals surface area contributed by atoms with Gasteiger partial charge in [0.1, 0.15) is 5.75 Å². The smallest absolute Gasteiger partial charge is 0.187 e. The fourth-order valence-electron chi connectivity index (χ4n) is 1.87. The Morgan fingerprint density at radius 2 is 2.13 bits per heavy atom. The number of allylic oxidation sites excluding steroid dienone is 2. The lowest BCUT2D eigenvalue weighted by atomic mass is 10.0. The van der Waals surface area contributed by atoms with Gasteiger partial charge in [0.05, 0.1) is 12.2 Å². The molecule has 2 nitrogen and oxygen atoms in total. The summed E-state index contributed by atoms with van der Waals surface area (Å²) in [6, 6.07) is 8.26. The quantitative estimate of drug-likeness (QED) is 0.632. The van der Waals surface area contributed by atoms with Gasteiger partial charge in [-0.15, -0.1) is 0 Å². The van der Waals surface area contributed by atoms with Gasteiger partial charge in [-0.1, -0.05) is 30.4 Å². The van der Waals surface area contributed by atoms with Crippen LogP contribution in [0, 0.1) is 6.26 Å². The van der Waals surface area contributed by atoms with Gasteiger partial charge in [-0.3, -0.25) is 0 Å². The fraction of sp³-hybridized carbons (Fsp3) is 0.0769. The van der Waals surface area contributed by atoms with Crippen molar-refractivity contribution in [1.82, 2.24) is 4.90 Å². The van der Waals surface area contributed by atoms with Crippen molar-refractivity contribution in [3.63, 3.8) is 0 Å². The van der Waals surface area contributed by atoms with Crippen molar-refractivity contribution in [1.29, 1.82) is 0 Å². The summed E-state index contributed by atoms with van der Waals surface area (Å²) in [5.74, 6) is 0.876. The van der Waals surface area contributed by atoms with Crippen LogP contribution in [-0.4, -0.2) is 4.90 Å². The van der Waals surface area contributed by atoms with Gasteiger partial charge in [-0.2, -0.15) is 0 Å². The van der Waals surface area contributed by atoms with Crippen LogP contribution >= 0.6 is 0 Å². The standard InChI is InChI=1S/C13H10NO/c1-2-7-13-11(5-1)12-6-3-4-8-14(12)9-10-15-13/h1-9,12H. The first-order valence-electron chi connectivity index (χ1n) is 4.92. The third-order valence-corrected chi connectivity index (χ3v) is 2.59. The highest BCUT2D eigenvalue weighted by atomic mass is 16.5. The Morgan fingerprint density at radius 1 is 1.20 bits per heavy atom. The van der Waals surface area contributed by atoms with E-state index in [4.69, 9.17) is 4.74 Å². The van der Waals surface area contributed by atoms with E-state index in [-0.39, 0.29) is 6.04 Å². The van der Waals surface area contributed by atoms with Gasteiger partial charge in [0, 0.05) is 11.8 Å². The summed E-state index contributed by atoms with van der Waals surface area (Å²) in [6.07, 6.45) is 12.9. The van der Waals surface area contributed by atoms with Crippen LogP contribution < -0.4 is 4.74 Å². The minimum absolute atomic E-state index is 0.223. The molecule has 0 saturated carbocycles. The zero-order valence-corrected chi connectivity index (χ0v) is 8.13. The molecule has 0 spiro atoms. The van der Waals surface area contributed by atoms with Crippen molar-refractivity contribution < 1.29 is 4.74 Å². The maximum Gasteiger partial charge on any atom is 0.187 e. The van der Waals surface area contributed by atoms with E-state index in [0.29, 0.717) is 0 Å². The molecule has 1 aromatic rings. The van der Waals surface area contributed by atoms with E-state index in [1.165, 1.54) is 5.56 Å². The Kier molecular flexibility index (Phi) is 1.85. The van der Waals surface area contributed by atoms with Crippen LogP contribution in [0.1, 0.15) is 11.6 Å². The number of nitrogens with zero attached hydrogens (tertiary/aromatic N) is 1. The molecule has 2 aliphatic rings. The van der Waals surface area contributed by atoms with E-state index in [1.807, 2.05) is 36.7 Å². The van der Waals surface area contributed by atoms with Crippen LogP contribution in [0.5, 0.6) is 5.75 Å². The van der Waals surface area contributed by atoms with E-state index in [0.717, 1.165) is 5.75 Å². The van der Waals surface area contributed by atoms with Crippen molar-refractivity contribution in [2.45, 2.75) is 6.04 Å². The predicted molar refractivity (Wildman–Crippen MR) is 57.7 cm³/mol. The molecule has 0 aromatic heterocycles. The van der Waals surface area contributed by atoms with Crippen LogP contribution in [0.2, 0.25) is 0 Å². The summed E-state index contributed by atoms with van der Waals surface area (Å²) >= 11 is 0. The van der Waals surface area contributed by atoms with Crippen molar-refractivity contribution in [3.8, 4) is 5.75 Å². The monoisotopic (exact) mass is 196 g/mol. The highest BCUT2D eigenvalue weighted by Crippen LogP contribution is 2.34. The van der Waals surface area contributed by atoms with Gasteiger partial charge in [0.15, 0.2) is 6.26 Å². The third kappa shape index (κ3) is 1.34. The lowest BCUT2D eigenvalue weighted by Crippen LogP contribution is -2.16. The van der Waals surface area contributed by atoms with E-state index >= 15 is 0 Å². The highest BCUT2D eigenvalue weighted by Gasteiger charge is 2.20. The van der Waals surface area contributed by atoms with E-state index in [9.17, 15) is 0 Å². The van der Waals surface area contributed by atoms with E-state index in [1.54, 1.807) is 0 Å². The second kappa shape index (κ2) is 3.31. The molecule has 0 saturated heterocycles. The molecule has 0 fully saturated rings. The molecule has 1 radical (unpaired) electrons. The predicted octanol–water partition coefficient (Wildman–Crippen LogP) is 2.78. The molecule has 2 aliphatic heterocycles. The van der Waals surface area contributed by atoms with E-state index < -0.39 is 0 Å². The van der Waals surface area contributed by atoms with E-state index in [2.05, 4.69) is 29.4 Å². The lowest BCUT2D eigenvalue weighted by molar-refractivity contribution is 0.430. The van der Waals surface area contributed by atoms with Gasteiger partial charge in [-0.05, 0) is 12.1 Å². The summed E-state index contributed by atoms with van der Waals surface area (Å²) < 4.78 is 5.43. The molecule has 0 bridgehead atoms. The molecule has 0 aliphatic carbocycles. The Morgan fingerprint density at radius 3 is 3.13 bits per heavy atom. The lowest BCUT2D eigenvalue weighted by Gasteiger charge is -2.25. The molecular formula is C13H10NO. The van der Waals surface area contributed by atoms with Crippen molar-refractivity contribution in [2.24, 2.45) is 0 Å². The van der Waals surface area contributed by atoms with Gasteiger partial charge >= 0.3 is 0 Å². The third-order valence-electron chi connectivity index (χ3n) is 2.59. The first kappa shape index (κ1) is 8.36. The Balaban J connectivity index is 2.13. The maximum absolute atomic E-state index is 5.43. The minimum atomic E-state index is 0.223. The number of hydrogen-bond acceptors (Lipinski definition) is 2. The number of rotatable bonds is 0. The molecule has 1 atom stereocenters. The Labute approximate surface area is 88.8 Å². The number of fused-ring (bicyclic) bond motifs is 3. The van der Waals surface area contributed by atoms with Crippen LogP contribution in [0.4, 0.5) is 0 Å². The molecule has 0 N–H and O–H groups in total. The number of ether oxygens (including phenoxy) is 1. The molecule has 73 valence electrons. The van der Waals surface area contributed by atoms with Gasteiger partial charge in [0.2, 0.25) is 0 Å². The number of para-hydroxylation sites is 1. The molecule has 0 amide bonds. The SMILES string of the molecule is [C]1=CN2C=CC=CC2c2ccccc2O1. The Hall–Kier alpha value is -1.96.